The van der Waals surface area contributed by atoms with Gasteiger partial charge in [-0.3, -0.25) is 14.5 Å². The van der Waals surface area contributed by atoms with Crippen molar-refractivity contribution in [1.29, 1.82) is 0 Å². The Labute approximate surface area is 206 Å². The van der Waals surface area contributed by atoms with Crippen LogP contribution in [0.2, 0.25) is 0 Å². The quantitative estimate of drug-likeness (QED) is 0.517. The molecule has 1 atom stereocenters. The molecular formula is C28H32N4O3. The number of morpholine rings is 1. The number of para-hydroxylation sites is 1. The number of hydrogen-bond donors (Lipinski definition) is 2. The lowest BCUT2D eigenvalue weighted by Gasteiger charge is -2.29. The SMILES string of the molecule is C[C@@H](C(=O)Nc1ccccc1-c1ccccc1)N(C)CC(=O)Nc1ccc(N2CCOCC2)cc1. The summed E-state index contributed by atoms with van der Waals surface area (Å²) in [5.74, 6) is -0.338. The van der Waals surface area contributed by atoms with Gasteiger partial charge in [0.25, 0.3) is 0 Å². The first-order chi connectivity index (χ1) is 17.0. The molecule has 1 aliphatic heterocycles. The second-order valence-corrected chi connectivity index (χ2v) is 8.69. The van der Waals surface area contributed by atoms with E-state index in [1.165, 1.54) is 0 Å². The molecule has 1 fully saturated rings. The van der Waals surface area contributed by atoms with E-state index in [9.17, 15) is 9.59 Å². The number of hydrogen-bond acceptors (Lipinski definition) is 5. The van der Waals surface area contributed by atoms with Crippen molar-refractivity contribution in [2.24, 2.45) is 0 Å². The van der Waals surface area contributed by atoms with Gasteiger partial charge in [-0.05, 0) is 49.9 Å². The second-order valence-electron chi connectivity index (χ2n) is 8.69. The van der Waals surface area contributed by atoms with Gasteiger partial charge in [0.2, 0.25) is 11.8 Å². The average molecular weight is 473 g/mol. The van der Waals surface area contributed by atoms with Gasteiger partial charge in [0, 0.05) is 35.7 Å². The van der Waals surface area contributed by atoms with Crippen molar-refractivity contribution in [2.45, 2.75) is 13.0 Å². The first-order valence-electron chi connectivity index (χ1n) is 11.9. The number of ether oxygens (including phenoxy) is 1. The zero-order valence-corrected chi connectivity index (χ0v) is 20.2. The van der Waals surface area contributed by atoms with Crippen LogP contribution in [0.15, 0.2) is 78.9 Å². The highest BCUT2D eigenvalue weighted by Crippen LogP contribution is 2.27. The van der Waals surface area contributed by atoms with Crippen molar-refractivity contribution in [3.05, 3.63) is 78.9 Å². The van der Waals surface area contributed by atoms with Crippen LogP contribution in [0.1, 0.15) is 6.92 Å². The fourth-order valence-electron chi connectivity index (χ4n) is 4.04. The maximum Gasteiger partial charge on any atom is 0.241 e. The number of anilines is 3. The Morgan fingerprint density at radius 2 is 1.57 bits per heavy atom. The molecule has 35 heavy (non-hydrogen) atoms. The lowest BCUT2D eigenvalue weighted by atomic mass is 10.0. The predicted molar refractivity (Wildman–Crippen MR) is 141 cm³/mol. The van der Waals surface area contributed by atoms with Crippen LogP contribution in [0.5, 0.6) is 0 Å². The molecule has 7 heteroatoms. The maximum absolute atomic E-state index is 13.0. The Morgan fingerprint density at radius 1 is 0.914 bits per heavy atom. The molecule has 1 heterocycles. The van der Waals surface area contributed by atoms with Crippen LogP contribution in [0.4, 0.5) is 17.1 Å². The van der Waals surface area contributed by atoms with E-state index in [1.807, 2.05) is 78.9 Å². The molecule has 2 N–H and O–H groups in total. The Morgan fingerprint density at radius 3 is 2.29 bits per heavy atom. The van der Waals surface area contributed by atoms with Gasteiger partial charge in [-0.2, -0.15) is 0 Å². The molecule has 0 saturated carbocycles. The van der Waals surface area contributed by atoms with Crippen LogP contribution in [0.25, 0.3) is 11.1 Å². The third-order valence-electron chi connectivity index (χ3n) is 6.23. The fraction of sp³-hybridized carbons (Fsp3) is 0.286. The van der Waals surface area contributed by atoms with Gasteiger partial charge in [0.05, 0.1) is 25.8 Å². The summed E-state index contributed by atoms with van der Waals surface area (Å²) in [5, 5.41) is 5.95. The minimum Gasteiger partial charge on any atom is -0.378 e. The first kappa shape index (κ1) is 24.4. The number of nitrogens with zero attached hydrogens (tertiary/aromatic N) is 2. The third-order valence-corrected chi connectivity index (χ3v) is 6.23. The van der Waals surface area contributed by atoms with Crippen molar-refractivity contribution < 1.29 is 14.3 Å². The lowest BCUT2D eigenvalue weighted by molar-refractivity contribution is -0.122. The summed E-state index contributed by atoms with van der Waals surface area (Å²) in [4.78, 5) is 29.6. The van der Waals surface area contributed by atoms with E-state index in [-0.39, 0.29) is 18.4 Å². The van der Waals surface area contributed by atoms with E-state index >= 15 is 0 Å². The van der Waals surface area contributed by atoms with Crippen LogP contribution in [-0.4, -0.2) is 62.7 Å². The summed E-state index contributed by atoms with van der Waals surface area (Å²) in [6.45, 7) is 5.09. The molecule has 1 saturated heterocycles. The van der Waals surface area contributed by atoms with E-state index in [0.717, 1.165) is 54.5 Å². The minimum absolute atomic E-state index is 0.0974. The molecule has 3 aromatic carbocycles. The van der Waals surface area contributed by atoms with E-state index in [1.54, 1.807) is 18.9 Å². The van der Waals surface area contributed by atoms with Gasteiger partial charge < -0.3 is 20.3 Å². The summed E-state index contributed by atoms with van der Waals surface area (Å²) < 4.78 is 5.40. The Kier molecular flexibility index (Phi) is 8.13. The molecule has 0 spiro atoms. The largest absolute Gasteiger partial charge is 0.378 e. The summed E-state index contributed by atoms with van der Waals surface area (Å²) >= 11 is 0. The number of likely N-dealkylation sites (N-methyl/N-ethyl adjacent to an activating group) is 1. The fourth-order valence-corrected chi connectivity index (χ4v) is 4.04. The summed E-state index contributed by atoms with van der Waals surface area (Å²) in [5.41, 5.74) is 4.57. The maximum atomic E-state index is 13.0. The van der Waals surface area contributed by atoms with Gasteiger partial charge in [-0.15, -0.1) is 0 Å². The van der Waals surface area contributed by atoms with Crippen molar-refractivity contribution in [1.82, 2.24) is 4.90 Å². The minimum atomic E-state index is -0.492. The topological polar surface area (TPSA) is 73.9 Å². The molecule has 182 valence electrons. The standard InChI is InChI=1S/C28H32N4O3/c1-21(28(34)30-26-11-7-6-10-25(26)22-8-4-3-5-9-22)31(2)20-27(33)29-23-12-14-24(15-13-23)32-16-18-35-19-17-32/h3-15,21H,16-20H2,1-2H3,(H,29,33)(H,30,34)/t21-/m0/s1. The van der Waals surface area contributed by atoms with Gasteiger partial charge in [-0.25, -0.2) is 0 Å². The van der Waals surface area contributed by atoms with Gasteiger partial charge in [0.15, 0.2) is 0 Å². The van der Waals surface area contributed by atoms with Gasteiger partial charge >= 0.3 is 0 Å². The average Bonchev–Trinajstić information content (AvgIpc) is 2.90. The first-order valence-corrected chi connectivity index (χ1v) is 11.9. The molecule has 7 nitrogen and oxygen atoms in total. The molecule has 2 amide bonds. The van der Waals surface area contributed by atoms with Crippen LogP contribution in [0.3, 0.4) is 0 Å². The zero-order valence-electron chi connectivity index (χ0n) is 20.2. The van der Waals surface area contributed by atoms with Crippen molar-refractivity contribution in [3.8, 4) is 11.1 Å². The van der Waals surface area contributed by atoms with Crippen molar-refractivity contribution >= 4 is 28.9 Å². The molecular weight excluding hydrogens is 440 g/mol. The summed E-state index contributed by atoms with van der Waals surface area (Å²) in [6.07, 6.45) is 0. The smallest absolute Gasteiger partial charge is 0.241 e. The molecule has 0 bridgehead atoms. The number of carbonyl (C=O) groups excluding carboxylic acids is 2. The molecule has 0 aromatic heterocycles. The van der Waals surface area contributed by atoms with Crippen molar-refractivity contribution in [3.63, 3.8) is 0 Å². The van der Waals surface area contributed by atoms with Crippen molar-refractivity contribution in [2.75, 3.05) is 55.4 Å². The highest BCUT2D eigenvalue weighted by atomic mass is 16.5. The summed E-state index contributed by atoms with van der Waals surface area (Å²) in [7, 11) is 1.77. The van der Waals surface area contributed by atoms with E-state index < -0.39 is 6.04 Å². The zero-order chi connectivity index (χ0) is 24.6. The Bertz CT molecular complexity index is 1130. The molecule has 0 aliphatic carbocycles. The second kappa shape index (κ2) is 11.6. The normalized spacial score (nSPS) is 14.4. The molecule has 0 unspecified atom stereocenters. The van der Waals surface area contributed by atoms with E-state index in [0.29, 0.717) is 0 Å². The number of carbonyl (C=O) groups is 2. The van der Waals surface area contributed by atoms with Crippen LogP contribution in [-0.2, 0) is 14.3 Å². The lowest BCUT2D eigenvalue weighted by Crippen LogP contribution is -2.43. The molecule has 0 radical (unpaired) electrons. The third kappa shape index (κ3) is 6.47. The number of benzene rings is 3. The van der Waals surface area contributed by atoms with E-state index in [4.69, 9.17) is 4.74 Å². The van der Waals surface area contributed by atoms with E-state index in [2.05, 4.69) is 15.5 Å². The highest BCUT2D eigenvalue weighted by molar-refractivity contribution is 5.99. The Hall–Kier alpha value is -3.68. The Balaban J connectivity index is 1.31. The van der Waals surface area contributed by atoms with Gasteiger partial charge in [-0.1, -0.05) is 48.5 Å². The number of rotatable bonds is 8. The number of amides is 2. The molecule has 3 aromatic rings. The molecule has 1 aliphatic rings. The van der Waals surface area contributed by atoms with Crippen LogP contribution in [0, 0.1) is 0 Å². The van der Waals surface area contributed by atoms with Crippen LogP contribution >= 0.6 is 0 Å². The van der Waals surface area contributed by atoms with Crippen LogP contribution < -0.4 is 15.5 Å². The summed E-state index contributed by atoms with van der Waals surface area (Å²) in [6, 6.07) is 25.0. The highest BCUT2D eigenvalue weighted by Gasteiger charge is 2.21. The van der Waals surface area contributed by atoms with Gasteiger partial charge in [0.1, 0.15) is 0 Å². The monoisotopic (exact) mass is 472 g/mol. The molecule has 4 rings (SSSR count). The predicted octanol–water partition coefficient (Wildman–Crippen LogP) is 4.09. The number of nitrogens with one attached hydrogen (secondary N) is 2.